The third-order valence-corrected chi connectivity index (χ3v) is 10.5. The first-order valence-corrected chi connectivity index (χ1v) is 10.9. The molecule has 0 spiro atoms. The fourth-order valence-corrected chi connectivity index (χ4v) is 8.87. The summed E-state index contributed by atoms with van der Waals surface area (Å²) in [7, 11) is 3.26. The van der Waals surface area contributed by atoms with E-state index in [1.54, 1.807) is 5.57 Å². The van der Waals surface area contributed by atoms with E-state index in [0.29, 0.717) is 10.8 Å². The lowest BCUT2D eigenvalue weighted by Crippen LogP contribution is -2.61. The van der Waals surface area contributed by atoms with Crippen molar-refractivity contribution in [2.45, 2.75) is 96.2 Å². The van der Waals surface area contributed by atoms with Crippen molar-refractivity contribution in [2.24, 2.45) is 28.6 Å². The van der Waals surface area contributed by atoms with Crippen LogP contribution >= 0.6 is 9.24 Å². The van der Waals surface area contributed by atoms with E-state index in [1.807, 2.05) is 0 Å². The predicted octanol–water partition coefficient (Wildman–Crippen LogP) is 5.72. The van der Waals surface area contributed by atoms with Crippen LogP contribution in [-0.4, -0.2) is 15.9 Å². The van der Waals surface area contributed by atoms with Crippen LogP contribution in [-0.2, 0) is 0 Å². The predicted molar refractivity (Wildman–Crippen MR) is 105 cm³/mol. The van der Waals surface area contributed by atoms with Gasteiger partial charge in [-0.1, -0.05) is 25.5 Å². The van der Waals surface area contributed by atoms with Crippen molar-refractivity contribution in [3.63, 3.8) is 0 Å². The van der Waals surface area contributed by atoms with Gasteiger partial charge >= 0.3 is 0 Å². The highest BCUT2D eigenvalue weighted by molar-refractivity contribution is 7.19. The minimum Gasteiger partial charge on any atom is -0.390 e. The molecule has 0 heterocycles. The van der Waals surface area contributed by atoms with Gasteiger partial charge in [-0.15, -0.1) is 9.24 Å². The molecule has 1 N–H and O–H groups in total. The van der Waals surface area contributed by atoms with Gasteiger partial charge < -0.3 is 5.11 Å². The summed E-state index contributed by atoms with van der Waals surface area (Å²) < 4.78 is 0. The molecule has 7 unspecified atom stereocenters. The van der Waals surface area contributed by atoms with Gasteiger partial charge in [-0.05, 0) is 105 Å². The average molecular weight is 349 g/mol. The van der Waals surface area contributed by atoms with E-state index in [2.05, 4.69) is 43.0 Å². The standard InChI is InChI=1S/C22H37OP/c1-5-15-6-7-17-16-8-11-22(24)14-19(2,23)12-13-21(22,4)18(16)9-10-20(15,17)3/h5,16-18,23H,6-14,24H2,1-4H3/b15-5-/t16?,17?,18?,19-,20?,21?,22?/m1/s1. The maximum absolute atomic E-state index is 10.7. The summed E-state index contributed by atoms with van der Waals surface area (Å²) in [5.74, 6) is 2.70. The first kappa shape index (κ1) is 17.5. The normalized spacial score (nSPS) is 58.9. The molecule has 0 aromatic heterocycles. The molecule has 4 rings (SSSR count). The van der Waals surface area contributed by atoms with E-state index in [-0.39, 0.29) is 5.16 Å². The van der Waals surface area contributed by atoms with Crippen molar-refractivity contribution >= 4 is 9.24 Å². The molecule has 24 heavy (non-hydrogen) atoms. The number of hydrogen-bond acceptors (Lipinski definition) is 1. The molecule has 0 aliphatic heterocycles. The Morgan fingerprint density at radius 1 is 1.00 bits per heavy atom. The molecule has 4 saturated carbocycles. The van der Waals surface area contributed by atoms with E-state index in [0.717, 1.165) is 30.6 Å². The Morgan fingerprint density at radius 2 is 1.75 bits per heavy atom. The van der Waals surface area contributed by atoms with Crippen LogP contribution in [0.4, 0.5) is 0 Å². The van der Waals surface area contributed by atoms with Crippen LogP contribution in [0.25, 0.3) is 0 Å². The minimum absolute atomic E-state index is 0.256. The lowest BCUT2D eigenvalue weighted by Gasteiger charge is -2.65. The molecule has 4 fully saturated rings. The quantitative estimate of drug-likeness (QED) is 0.438. The summed E-state index contributed by atoms with van der Waals surface area (Å²) in [5, 5.41) is 11.0. The Kier molecular flexibility index (Phi) is 3.89. The lowest BCUT2D eigenvalue weighted by molar-refractivity contribution is -0.124. The molecule has 0 bridgehead atoms. The fraction of sp³-hybridized carbons (Fsp3) is 0.909. The minimum atomic E-state index is -0.456. The zero-order valence-corrected chi connectivity index (χ0v) is 17.4. The van der Waals surface area contributed by atoms with E-state index in [9.17, 15) is 5.11 Å². The summed E-state index contributed by atoms with van der Waals surface area (Å²) in [4.78, 5) is 0. The largest absolute Gasteiger partial charge is 0.390 e. The molecule has 4 aliphatic rings. The highest BCUT2D eigenvalue weighted by Crippen LogP contribution is 2.70. The van der Waals surface area contributed by atoms with Crippen LogP contribution in [0.1, 0.15) is 85.5 Å². The maximum atomic E-state index is 10.7. The van der Waals surface area contributed by atoms with Gasteiger partial charge in [0.15, 0.2) is 0 Å². The second-order valence-corrected chi connectivity index (χ2v) is 11.6. The molecular weight excluding hydrogens is 311 g/mol. The van der Waals surface area contributed by atoms with Crippen molar-refractivity contribution in [1.29, 1.82) is 0 Å². The van der Waals surface area contributed by atoms with Gasteiger partial charge in [0.1, 0.15) is 0 Å². The monoisotopic (exact) mass is 348 g/mol. The third kappa shape index (κ3) is 2.19. The molecule has 8 atom stereocenters. The van der Waals surface area contributed by atoms with Crippen molar-refractivity contribution in [3.8, 4) is 0 Å². The van der Waals surface area contributed by atoms with Gasteiger partial charge in [-0.25, -0.2) is 0 Å². The molecular formula is C22H37OP. The smallest absolute Gasteiger partial charge is 0.0628 e. The fourth-order valence-electron chi connectivity index (χ4n) is 7.90. The number of fused-ring (bicyclic) bond motifs is 5. The average Bonchev–Trinajstić information content (AvgIpc) is 2.84. The molecule has 0 aromatic carbocycles. The summed E-state index contributed by atoms with van der Waals surface area (Å²) in [6.45, 7) is 9.49. The SMILES string of the molecule is C/C=C1/CCC2C3CCC4(P)C[C@](C)(O)CCC4(C)C3CCC12C. The first-order valence-electron chi connectivity index (χ1n) is 10.3. The zero-order valence-electron chi connectivity index (χ0n) is 16.2. The number of hydrogen-bond donors (Lipinski definition) is 1. The van der Waals surface area contributed by atoms with Crippen molar-refractivity contribution in [1.82, 2.24) is 0 Å². The molecule has 0 aromatic rings. The van der Waals surface area contributed by atoms with Gasteiger partial charge in [-0.3, -0.25) is 0 Å². The van der Waals surface area contributed by atoms with Crippen LogP contribution in [0.2, 0.25) is 0 Å². The molecule has 136 valence electrons. The molecule has 0 saturated heterocycles. The van der Waals surface area contributed by atoms with Crippen LogP contribution < -0.4 is 0 Å². The Bertz CT molecular complexity index is 566. The van der Waals surface area contributed by atoms with Crippen LogP contribution in [0, 0.1) is 28.6 Å². The lowest BCUT2D eigenvalue weighted by atomic mass is 9.44. The molecule has 0 radical (unpaired) electrons. The number of allylic oxidation sites excluding steroid dienone is 2. The van der Waals surface area contributed by atoms with E-state index in [1.165, 1.54) is 44.9 Å². The first-order chi connectivity index (χ1) is 11.2. The second-order valence-electron chi connectivity index (χ2n) is 10.5. The third-order valence-electron chi connectivity index (χ3n) is 9.39. The van der Waals surface area contributed by atoms with E-state index < -0.39 is 5.60 Å². The van der Waals surface area contributed by atoms with Gasteiger partial charge in [0.2, 0.25) is 0 Å². The second kappa shape index (κ2) is 5.32. The summed E-state index contributed by atoms with van der Waals surface area (Å²) in [6.07, 6.45) is 13.9. The Hall–Kier alpha value is 0.130. The Labute approximate surface area is 151 Å². The van der Waals surface area contributed by atoms with E-state index >= 15 is 0 Å². The topological polar surface area (TPSA) is 20.2 Å². The highest BCUT2D eigenvalue weighted by Gasteiger charge is 2.63. The van der Waals surface area contributed by atoms with Gasteiger partial charge in [0, 0.05) is 0 Å². The summed E-state index contributed by atoms with van der Waals surface area (Å²) >= 11 is 0. The Balaban J connectivity index is 1.67. The van der Waals surface area contributed by atoms with Crippen molar-refractivity contribution in [2.75, 3.05) is 0 Å². The summed E-state index contributed by atoms with van der Waals surface area (Å²) in [5.41, 5.74) is 2.20. The van der Waals surface area contributed by atoms with E-state index in [4.69, 9.17) is 0 Å². The maximum Gasteiger partial charge on any atom is 0.0628 e. The van der Waals surface area contributed by atoms with Gasteiger partial charge in [0.05, 0.1) is 5.60 Å². The van der Waals surface area contributed by atoms with Crippen LogP contribution in [0.3, 0.4) is 0 Å². The zero-order chi connectivity index (χ0) is 17.4. The van der Waals surface area contributed by atoms with Crippen molar-refractivity contribution in [3.05, 3.63) is 11.6 Å². The number of aliphatic hydroxyl groups is 1. The Morgan fingerprint density at radius 3 is 2.46 bits per heavy atom. The molecule has 2 heteroatoms. The van der Waals surface area contributed by atoms with Crippen molar-refractivity contribution < 1.29 is 5.11 Å². The van der Waals surface area contributed by atoms with Crippen LogP contribution in [0.15, 0.2) is 11.6 Å². The van der Waals surface area contributed by atoms with Gasteiger partial charge in [0.25, 0.3) is 0 Å². The molecule has 4 aliphatic carbocycles. The summed E-state index contributed by atoms with van der Waals surface area (Å²) in [6, 6.07) is 0. The highest BCUT2D eigenvalue weighted by atomic mass is 31.0. The molecule has 0 amide bonds. The number of rotatable bonds is 0. The molecule has 1 nitrogen and oxygen atoms in total. The van der Waals surface area contributed by atoms with Gasteiger partial charge in [-0.2, -0.15) is 0 Å². The van der Waals surface area contributed by atoms with Crippen LogP contribution in [0.5, 0.6) is 0 Å².